The molecule has 0 saturated carbocycles. The van der Waals surface area contributed by atoms with Gasteiger partial charge in [-0.2, -0.15) is 5.10 Å². The summed E-state index contributed by atoms with van der Waals surface area (Å²) in [6, 6.07) is 9.68. The number of allylic oxidation sites excluding steroid dienone is 1. The van der Waals surface area contributed by atoms with E-state index in [4.69, 9.17) is 9.47 Å². The number of carbonyl (C=O) groups is 1. The monoisotopic (exact) mass is 341 g/mol. The van der Waals surface area contributed by atoms with Crippen LogP contribution in [0.1, 0.15) is 32.3 Å². The van der Waals surface area contributed by atoms with Crippen molar-refractivity contribution in [3.63, 3.8) is 0 Å². The van der Waals surface area contributed by atoms with Gasteiger partial charge in [-0.05, 0) is 25.0 Å². The highest BCUT2D eigenvalue weighted by Crippen LogP contribution is 2.31. The molecule has 25 heavy (non-hydrogen) atoms. The smallest absolute Gasteiger partial charge is 0.191 e. The molecule has 0 N–H and O–H groups in total. The number of aromatic nitrogens is 3. The first-order valence-corrected chi connectivity index (χ1v) is 8.52. The van der Waals surface area contributed by atoms with Crippen LogP contribution in [0.4, 0.5) is 0 Å². The molecule has 1 aromatic heterocycles. The molecule has 1 aromatic carbocycles. The first-order valence-electron chi connectivity index (χ1n) is 8.52. The van der Waals surface area contributed by atoms with Crippen LogP contribution in [0, 0.1) is 5.41 Å². The zero-order valence-corrected chi connectivity index (χ0v) is 14.6. The van der Waals surface area contributed by atoms with Gasteiger partial charge < -0.3 is 9.47 Å². The van der Waals surface area contributed by atoms with E-state index in [-0.39, 0.29) is 12.1 Å². The van der Waals surface area contributed by atoms with Crippen molar-refractivity contribution >= 4 is 17.6 Å². The van der Waals surface area contributed by atoms with Crippen LogP contribution in [-0.4, -0.2) is 40.1 Å². The lowest BCUT2D eigenvalue weighted by molar-refractivity contribution is -0.223. The zero-order chi connectivity index (χ0) is 17.7. The lowest BCUT2D eigenvalue weighted by Gasteiger charge is -2.36. The van der Waals surface area contributed by atoms with E-state index in [1.807, 2.05) is 43.3 Å². The van der Waals surface area contributed by atoms with Crippen molar-refractivity contribution in [3.8, 4) is 0 Å². The molecule has 0 bridgehead atoms. The van der Waals surface area contributed by atoms with Crippen LogP contribution in [0.2, 0.25) is 0 Å². The van der Waals surface area contributed by atoms with Crippen molar-refractivity contribution in [2.75, 3.05) is 13.2 Å². The van der Waals surface area contributed by atoms with Crippen LogP contribution in [0.15, 0.2) is 43.0 Å². The van der Waals surface area contributed by atoms with E-state index < -0.39 is 5.41 Å². The Morgan fingerprint density at radius 2 is 2.04 bits per heavy atom. The SMILES string of the molecule is CCCC1OCC(C)(C(=O)C(=Cc2ccccc2)n2cncn2)CO1. The molecule has 3 rings (SSSR count). The Morgan fingerprint density at radius 1 is 1.32 bits per heavy atom. The molecule has 1 saturated heterocycles. The van der Waals surface area contributed by atoms with E-state index in [2.05, 4.69) is 17.0 Å². The highest BCUT2D eigenvalue weighted by molar-refractivity contribution is 6.22. The third kappa shape index (κ3) is 4.03. The Labute approximate surface area is 147 Å². The van der Waals surface area contributed by atoms with Gasteiger partial charge in [0.05, 0.1) is 18.6 Å². The highest BCUT2D eigenvalue weighted by Gasteiger charge is 2.41. The molecule has 0 radical (unpaired) electrons. The predicted octanol–water partition coefficient (Wildman–Crippen LogP) is 3.02. The molecule has 6 nitrogen and oxygen atoms in total. The molecule has 0 unspecified atom stereocenters. The predicted molar refractivity (Wildman–Crippen MR) is 94.3 cm³/mol. The molecule has 2 aromatic rings. The van der Waals surface area contributed by atoms with Crippen LogP contribution in [0.5, 0.6) is 0 Å². The van der Waals surface area contributed by atoms with Gasteiger partial charge >= 0.3 is 0 Å². The number of ketones is 1. The lowest BCUT2D eigenvalue weighted by Crippen LogP contribution is -2.46. The van der Waals surface area contributed by atoms with Gasteiger partial charge in [0, 0.05) is 0 Å². The summed E-state index contributed by atoms with van der Waals surface area (Å²) < 4.78 is 13.0. The topological polar surface area (TPSA) is 66.2 Å². The van der Waals surface area contributed by atoms with Crippen molar-refractivity contribution in [3.05, 3.63) is 48.5 Å². The molecule has 1 aliphatic rings. The third-order valence-electron chi connectivity index (χ3n) is 4.25. The number of hydrogen-bond donors (Lipinski definition) is 0. The maximum atomic E-state index is 13.3. The summed E-state index contributed by atoms with van der Waals surface area (Å²) in [5.74, 6) is -0.0724. The van der Waals surface area contributed by atoms with Gasteiger partial charge in [0.2, 0.25) is 0 Å². The van der Waals surface area contributed by atoms with Crippen LogP contribution in [0.3, 0.4) is 0 Å². The Bertz CT molecular complexity index is 718. The van der Waals surface area contributed by atoms with Crippen molar-refractivity contribution in [1.82, 2.24) is 14.8 Å². The minimum atomic E-state index is -0.753. The molecule has 0 amide bonds. The van der Waals surface area contributed by atoms with E-state index in [0.29, 0.717) is 18.9 Å². The molecule has 0 spiro atoms. The summed E-state index contributed by atoms with van der Waals surface area (Å²) in [7, 11) is 0. The van der Waals surface area contributed by atoms with Crippen molar-refractivity contribution in [1.29, 1.82) is 0 Å². The molecular formula is C19H23N3O3. The lowest BCUT2D eigenvalue weighted by atomic mass is 9.84. The van der Waals surface area contributed by atoms with Crippen LogP contribution >= 0.6 is 0 Å². The summed E-state index contributed by atoms with van der Waals surface area (Å²) in [4.78, 5) is 17.2. The number of benzene rings is 1. The average molecular weight is 341 g/mol. The average Bonchev–Trinajstić information content (AvgIpc) is 3.17. The standard InChI is InChI=1S/C19H23N3O3/c1-3-7-17-24-11-19(2,12-25-17)18(23)16(22-14-20-13-21-22)10-15-8-5-4-6-9-15/h4-6,8-10,13-14,17H,3,7,11-12H2,1-2H3. The largest absolute Gasteiger partial charge is 0.352 e. The maximum absolute atomic E-state index is 13.3. The zero-order valence-electron chi connectivity index (χ0n) is 14.6. The van der Waals surface area contributed by atoms with E-state index in [1.165, 1.54) is 17.3 Å². The third-order valence-corrected chi connectivity index (χ3v) is 4.25. The first-order chi connectivity index (χ1) is 12.1. The summed E-state index contributed by atoms with van der Waals surface area (Å²) in [5, 5.41) is 4.14. The molecule has 1 fully saturated rings. The number of ether oxygens (including phenoxy) is 2. The Balaban J connectivity index is 1.87. The van der Waals surface area contributed by atoms with Crippen LogP contribution in [-0.2, 0) is 14.3 Å². The summed E-state index contributed by atoms with van der Waals surface area (Å²) in [5.41, 5.74) is 0.621. The van der Waals surface area contributed by atoms with Crippen LogP contribution < -0.4 is 0 Å². The van der Waals surface area contributed by atoms with Gasteiger partial charge in [-0.15, -0.1) is 0 Å². The van der Waals surface area contributed by atoms with Crippen molar-refractivity contribution < 1.29 is 14.3 Å². The number of hydrogen-bond acceptors (Lipinski definition) is 5. The first kappa shape index (κ1) is 17.5. The molecule has 0 aliphatic carbocycles. The molecule has 0 atom stereocenters. The summed E-state index contributed by atoms with van der Waals surface area (Å²) in [6.45, 7) is 4.61. The van der Waals surface area contributed by atoms with E-state index in [0.717, 1.165) is 18.4 Å². The van der Waals surface area contributed by atoms with Gasteiger partial charge in [0.15, 0.2) is 12.1 Å². The minimum absolute atomic E-state index is 0.0724. The van der Waals surface area contributed by atoms with Crippen molar-refractivity contribution in [2.45, 2.75) is 33.0 Å². The van der Waals surface area contributed by atoms with Gasteiger partial charge in [-0.1, -0.05) is 43.7 Å². The second-order valence-electron chi connectivity index (χ2n) is 6.51. The van der Waals surface area contributed by atoms with Crippen molar-refractivity contribution in [2.24, 2.45) is 5.41 Å². The van der Waals surface area contributed by atoms with E-state index in [9.17, 15) is 4.79 Å². The normalized spacial score (nSPS) is 24.2. The molecular weight excluding hydrogens is 318 g/mol. The number of Topliss-reactive ketones (excluding diaryl/α,β-unsaturated/α-hetero) is 1. The van der Waals surface area contributed by atoms with Gasteiger partial charge in [0.25, 0.3) is 0 Å². The Morgan fingerprint density at radius 3 is 2.64 bits per heavy atom. The number of rotatable bonds is 6. The fourth-order valence-corrected chi connectivity index (χ4v) is 2.76. The van der Waals surface area contributed by atoms with Gasteiger partial charge in [-0.3, -0.25) is 4.79 Å². The molecule has 132 valence electrons. The van der Waals surface area contributed by atoms with Gasteiger partial charge in [0.1, 0.15) is 18.4 Å². The quantitative estimate of drug-likeness (QED) is 0.756. The Hall–Kier alpha value is -2.31. The number of nitrogens with zero attached hydrogens (tertiary/aromatic N) is 3. The highest BCUT2D eigenvalue weighted by atomic mass is 16.7. The maximum Gasteiger partial charge on any atom is 0.191 e. The summed E-state index contributed by atoms with van der Waals surface area (Å²) in [6.07, 6.45) is 6.35. The Kier molecular flexibility index (Phi) is 5.40. The fourth-order valence-electron chi connectivity index (χ4n) is 2.76. The van der Waals surface area contributed by atoms with Crippen LogP contribution in [0.25, 0.3) is 11.8 Å². The molecule has 2 heterocycles. The fraction of sp³-hybridized carbons (Fsp3) is 0.421. The van der Waals surface area contributed by atoms with Gasteiger partial charge in [-0.25, -0.2) is 9.67 Å². The minimum Gasteiger partial charge on any atom is -0.352 e. The second kappa shape index (κ2) is 7.72. The van der Waals surface area contributed by atoms with E-state index in [1.54, 1.807) is 0 Å². The molecule has 6 heteroatoms. The molecule has 1 aliphatic heterocycles. The second-order valence-corrected chi connectivity index (χ2v) is 6.51. The van der Waals surface area contributed by atoms with E-state index >= 15 is 0 Å². The number of carbonyl (C=O) groups excluding carboxylic acids is 1. The summed E-state index contributed by atoms with van der Waals surface area (Å²) >= 11 is 0.